The molecule has 0 fully saturated rings. The number of H-pyrrole nitrogens is 1. The first-order valence-electron chi connectivity index (χ1n) is 7.64. The third kappa shape index (κ3) is 2.76. The van der Waals surface area contributed by atoms with Crippen LogP contribution >= 0.6 is 11.3 Å². The summed E-state index contributed by atoms with van der Waals surface area (Å²) in [6, 6.07) is 6.09. The monoisotopic (exact) mass is 340 g/mol. The molecule has 0 aromatic carbocycles. The number of aromatic nitrogens is 6. The second-order valence-electron chi connectivity index (χ2n) is 5.72. The minimum atomic E-state index is 0.225. The fourth-order valence-electron chi connectivity index (χ4n) is 2.38. The van der Waals surface area contributed by atoms with Crippen LogP contribution in [0, 0.1) is 0 Å². The smallest absolute Gasteiger partial charge is 0.229 e. The van der Waals surface area contributed by atoms with Crippen molar-refractivity contribution in [1.29, 1.82) is 0 Å². The molecule has 7 nitrogen and oxygen atoms in total. The highest BCUT2D eigenvalue weighted by Crippen LogP contribution is 2.32. The van der Waals surface area contributed by atoms with Crippen molar-refractivity contribution < 1.29 is 4.52 Å². The molecule has 4 rings (SSSR count). The summed E-state index contributed by atoms with van der Waals surface area (Å²) in [5.41, 5.74) is 1.00. The summed E-state index contributed by atoms with van der Waals surface area (Å²) < 4.78 is 7.30. The molecule has 122 valence electrons. The predicted octanol–water partition coefficient (Wildman–Crippen LogP) is 3.56. The van der Waals surface area contributed by atoms with Crippen molar-refractivity contribution in [2.24, 2.45) is 0 Å². The molecule has 0 aliphatic heterocycles. The van der Waals surface area contributed by atoms with Crippen molar-refractivity contribution >= 4 is 11.3 Å². The van der Waals surface area contributed by atoms with Gasteiger partial charge in [0.15, 0.2) is 5.82 Å². The molecule has 4 aromatic heterocycles. The summed E-state index contributed by atoms with van der Waals surface area (Å²) in [5, 5.41) is 11.0. The Balaban J connectivity index is 1.60. The van der Waals surface area contributed by atoms with Gasteiger partial charge in [-0.05, 0) is 18.2 Å². The highest BCUT2D eigenvalue weighted by Gasteiger charge is 2.14. The van der Waals surface area contributed by atoms with Crippen LogP contribution in [0.2, 0.25) is 0 Å². The van der Waals surface area contributed by atoms with Gasteiger partial charge in [0.2, 0.25) is 5.89 Å². The highest BCUT2D eigenvalue weighted by atomic mass is 32.1. The number of thiophene rings is 1. The summed E-state index contributed by atoms with van der Waals surface area (Å²) in [6.45, 7) is 4.59. The first-order chi connectivity index (χ1) is 11.7. The average molecular weight is 340 g/mol. The van der Waals surface area contributed by atoms with E-state index in [0.717, 1.165) is 21.3 Å². The minimum Gasteiger partial charge on any atom is -0.339 e. The molecule has 0 unspecified atom stereocenters. The van der Waals surface area contributed by atoms with Gasteiger partial charge in [0.25, 0.3) is 0 Å². The summed E-state index contributed by atoms with van der Waals surface area (Å²) >= 11 is 1.66. The lowest BCUT2D eigenvalue weighted by Gasteiger charge is -2.02. The van der Waals surface area contributed by atoms with Gasteiger partial charge in [-0.15, -0.1) is 11.3 Å². The zero-order valence-electron chi connectivity index (χ0n) is 13.3. The van der Waals surface area contributed by atoms with Crippen molar-refractivity contribution in [2.75, 3.05) is 0 Å². The third-order valence-electron chi connectivity index (χ3n) is 3.60. The minimum absolute atomic E-state index is 0.225. The Morgan fingerprint density at radius 3 is 2.83 bits per heavy atom. The fraction of sp³-hybridized carbons (Fsp3) is 0.250. The molecule has 0 saturated carbocycles. The SMILES string of the molecule is CC(C)c1nc(Cn2ccnc2-c2ccc(-c3ccn[nH]3)s2)no1. The standard InChI is InChI=1S/C16H16N6OS/c1-10(2)16-19-14(21-23-16)9-22-8-7-17-15(22)13-4-3-12(24-13)11-5-6-18-20-11/h3-8,10H,9H2,1-2H3,(H,18,20). The van der Waals surface area contributed by atoms with E-state index < -0.39 is 0 Å². The second kappa shape index (κ2) is 6.04. The van der Waals surface area contributed by atoms with Crippen LogP contribution in [0.15, 0.2) is 41.3 Å². The van der Waals surface area contributed by atoms with E-state index in [1.807, 2.05) is 30.7 Å². The number of hydrogen-bond acceptors (Lipinski definition) is 6. The summed E-state index contributed by atoms with van der Waals surface area (Å²) in [5.74, 6) is 2.43. The molecule has 0 bridgehead atoms. The molecule has 0 saturated heterocycles. The van der Waals surface area contributed by atoms with Crippen LogP contribution in [0.3, 0.4) is 0 Å². The van der Waals surface area contributed by atoms with Gasteiger partial charge in [0.05, 0.1) is 22.0 Å². The van der Waals surface area contributed by atoms with Crippen molar-refractivity contribution in [1.82, 2.24) is 29.9 Å². The van der Waals surface area contributed by atoms with Crippen molar-refractivity contribution in [3.05, 3.63) is 48.5 Å². The van der Waals surface area contributed by atoms with E-state index in [4.69, 9.17) is 4.52 Å². The Hall–Kier alpha value is -2.74. The number of aromatic amines is 1. The van der Waals surface area contributed by atoms with E-state index in [9.17, 15) is 0 Å². The molecule has 4 aromatic rings. The van der Waals surface area contributed by atoms with Crippen LogP contribution in [0.1, 0.15) is 31.5 Å². The molecule has 24 heavy (non-hydrogen) atoms. The topological polar surface area (TPSA) is 85.4 Å². The lowest BCUT2D eigenvalue weighted by molar-refractivity contribution is 0.360. The van der Waals surface area contributed by atoms with Crippen LogP contribution in [0.25, 0.3) is 21.3 Å². The Bertz CT molecular complexity index is 934. The van der Waals surface area contributed by atoms with Gasteiger partial charge in [-0.2, -0.15) is 10.1 Å². The van der Waals surface area contributed by atoms with E-state index in [2.05, 4.69) is 37.5 Å². The van der Waals surface area contributed by atoms with Gasteiger partial charge in [0.1, 0.15) is 5.82 Å². The molecule has 0 aliphatic carbocycles. The Labute approximate surface area is 142 Å². The number of rotatable bonds is 5. The predicted molar refractivity (Wildman–Crippen MR) is 90.6 cm³/mol. The number of hydrogen-bond donors (Lipinski definition) is 1. The van der Waals surface area contributed by atoms with Gasteiger partial charge in [-0.3, -0.25) is 5.10 Å². The van der Waals surface area contributed by atoms with Gasteiger partial charge in [-0.1, -0.05) is 19.0 Å². The Kier molecular flexibility index (Phi) is 3.73. The maximum atomic E-state index is 5.27. The van der Waals surface area contributed by atoms with E-state index in [1.165, 1.54) is 0 Å². The number of nitrogens with zero attached hydrogens (tertiary/aromatic N) is 5. The molecule has 0 atom stereocenters. The van der Waals surface area contributed by atoms with Crippen LogP contribution in [-0.2, 0) is 6.54 Å². The quantitative estimate of drug-likeness (QED) is 0.600. The maximum Gasteiger partial charge on any atom is 0.229 e. The summed E-state index contributed by atoms with van der Waals surface area (Å²) in [7, 11) is 0. The molecule has 0 spiro atoms. The summed E-state index contributed by atoms with van der Waals surface area (Å²) in [4.78, 5) is 11.1. The lowest BCUT2D eigenvalue weighted by atomic mass is 10.2. The zero-order valence-corrected chi connectivity index (χ0v) is 14.1. The molecule has 0 amide bonds. The fourth-order valence-corrected chi connectivity index (χ4v) is 3.37. The highest BCUT2D eigenvalue weighted by molar-refractivity contribution is 7.18. The molecule has 0 aliphatic rings. The van der Waals surface area contributed by atoms with Crippen molar-refractivity contribution in [3.63, 3.8) is 0 Å². The van der Waals surface area contributed by atoms with E-state index in [-0.39, 0.29) is 5.92 Å². The average Bonchev–Trinajstić information content (AvgIpc) is 3.35. The first-order valence-corrected chi connectivity index (χ1v) is 8.46. The third-order valence-corrected chi connectivity index (χ3v) is 4.71. The zero-order chi connectivity index (χ0) is 16.5. The van der Waals surface area contributed by atoms with Gasteiger partial charge in [-0.25, -0.2) is 4.98 Å². The number of imidazole rings is 1. The van der Waals surface area contributed by atoms with Crippen molar-refractivity contribution in [3.8, 4) is 21.3 Å². The van der Waals surface area contributed by atoms with Crippen LogP contribution < -0.4 is 0 Å². The van der Waals surface area contributed by atoms with Crippen LogP contribution in [0.5, 0.6) is 0 Å². The van der Waals surface area contributed by atoms with Crippen LogP contribution in [-0.4, -0.2) is 29.9 Å². The second-order valence-corrected chi connectivity index (χ2v) is 6.80. The first kappa shape index (κ1) is 14.8. The molecular weight excluding hydrogens is 324 g/mol. The van der Waals surface area contributed by atoms with E-state index in [0.29, 0.717) is 18.3 Å². The van der Waals surface area contributed by atoms with Gasteiger partial charge in [0, 0.05) is 24.5 Å². The van der Waals surface area contributed by atoms with Crippen molar-refractivity contribution in [2.45, 2.75) is 26.3 Å². The molecule has 1 N–H and O–H groups in total. The van der Waals surface area contributed by atoms with Gasteiger partial charge < -0.3 is 9.09 Å². The Morgan fingerprint density at radius 2 is 2.08 bits per heavy atom. The lowest BCUT2D eigenvalue weighted by Crippen LogP contribution is -2.02. The van der Waals surface area contributed by atoms with E-state index >= 15 is 0 Å². The maximum absolute atomic E-state index is 5.27. The van der Waals surface area contributed by atoms with Crippen LogP contribution in [0.4, 0.5) is 0 Å². The normalized spacial score (nSPS) is 11.5. The Morgan fingerprint density at radius 1 is 1.21 bits per heavy atom. The molecule has 0 radical (unpaired) electrons. The molecule has 8 heteroatoms. The van der Waals surface area contributed by atoms with Gasteiger partial charge >= 0.3 is 0 Å². The largest absolute Gasteiger partial charge is 0.339 e. The molecule has 4 heterocycles. The number of nitrogens with one attached hydrogen (secondary N) is 1. The molecular formula is C16H16N6OS. The van der Waals surface area contributed by atoms with E-state index in [1.54, 1.807) is 23.7 Å². The summed E-state index contributed by atoms with van der Waals surface area (Å²) in [6.07, 6.45) is 5.46.